The minimum absolute atomic E-state index is 0.645. The van der Waals surface area contributed by atoms with Crippen molar-refractivity contribution < 1.29 is 4.79 Å². The van der Waals surface area contributed by atoms with Crippen LogP contribution in [0.15, 0.2) is 34.9 Å². The number of rotatable bonds is 3. The molecule has 0 bridgehead atoms. The summed E-state index contributed by atoms with van der Waals surface area (Å²) < 4.78 is 0.813. The van der Waals surface area contributed by atoms with E-state index < -0.39 is 0 Å². The lowest BCUT2D eigenvalue weighted by molar-refractivity contribution is -0.104. The minimum Gasteiger partial charge on any atom is -0.298 e. The van der Waals surface area contributed by atoms with Gasteiger partial charge in [0.05, 0.1) is 0 Å². The van der Waals surface area contributed by atoms with Crippen molar-refractivity contribution >= 4 is 22.2 Å². The van der Waals surface area contributed by atoms with Gasteiger partial charge in [0.2, 0.25) is 0 Å². The Bertz CT molecular complexity index is 189. The second-order valence-electron chi connectivity index (χ2n) is 1.64. The molecule has 10 heavy (non-hydrogen) atoms. The highest BCUT2D eigenvalue weighted by Gasteiger charge is 1.87. The molecular formula is C8H9BrO. The Balaban J connectivity index is 4.36. The van der Waals surface area contributed by atoms with Crippen molar-refractivity contribution in [2.45, 2.75) is 6.92 Å². The van der Waals surface area contributed by atoms with Crippen molar-refractivity contribution in [3.63, 3.8) is 0 Å². The van der Waals surface area contributed by atoms with Crippen LogP contribution in [0.4, 0.5) is 0 Å². The summed E-state index contributed by atoms with van der Waals surface area (Å²) in [6, 6.07) is 0. The summed E-state index contributed by atoms with van der Waals surface area (Å²) >= 11 is 3.20. The minimum atomic E-state index is 0.645. The van der Waals surface area contributed by atoms with E-state index in [0.29, 0.717) is 5.57 Å². The van der Waals surface area contributed by atoms with E-state index in [-0.39, 0.29) is 0 Å². The third kappa shape index (κ3) is 3.41. The lowest BCUT2D eigenvalue weighted by atomic mass is 10.2. The Hall–Kier alpha value is -0.630. The van der Waals surface area contributed by atoms with E-state index in [1.807, 2.05) is 6.92 Å². The lowest BCUT2D eigenvalue weighted by Gasteiger charge is -1.87. The first-order chi connectivity index (χ1) is 4.74. The maximum atomic E-state index is 10.2. The van der Waals surface area contributed by atoms with E-state index in [1.165, 1.54) is 0 Å². The van der Waals surface area contributed by atoms with Gasteiger partial charge in [0.25, 0.3) is 0 Å². The number of carbonyl (C=O) groups is 1. The highest BCUT2D eigenvalue weighted by molar-refractivity contribution is 9.11. The maximum Gasteiger partial charge on any atom is 0.149 e. The molecule has 0 unspecified atom stereocenters. The lowest BCUT2D eigenvalue weighted by Crippen LogP contribution is -1.77. The zero-order valence-corrected chi connectivity index (χ0v) is 7.39. The molecule has 0 amide bonds. The molecule has 0 aromatic rings. The summed E-state index contributed by atoms with van der Waals surface area (Å²) in [5, 5.41) is 0. The molecule has 0 aliphatic rings. The smallest absolute Gasteiger partial charge is 0.149 e. The third-order valence-corrected chi connectivity index (χ3v) is 1.52. The standard InChI is InChI=1S/C8H9BrO/c1-3-7(6-10)5-8(9)4-2/h3-6H,2H2,1H3/b7-3+,8-5+. The quantitative estimate of drug-likeness (QED) is 0.389. The number of hydrogen-bond acceptors (Lipinski definition) is 1. The highest BCUT2D eigenvalue weighted by atomic mass is 79.9. The first-order valence-corrected chi connectivity index (χ1v) is 3.65. The average molecular weight is 201 g/mol. The zero-order valence-electron chi connectivity index (χ0n) is 5.80. The normalized spacial score (nSPS) is 13.0. The number of aldehydes is 1. The van der Waals surface area contributed by atoms with Crippen molar-refractivity contribution in [3.8, 4) is 0 Å². The zero-order chi connectivity index (χ0) is 7.98. The average Bonchev–Trinajstić information content (AvgIpc) is 1.99. The van der Waals surface area contributed by atoms with Crippen molar-refractivity contribution in [3.05, 3.63) is 34.9 Å². The summed E-state index contributed by atoms with van der Waals surface area (Å²) in [6.45, 7) is 5.33. The van der Waals surface area contributed by atoms with E-state index >= 15 is 0 Å². The molecule has 0 atom stereocenters. The van der Waals surface area contributed by atoms with Crippen LogP contribution in [-0.4, -0.2) is 6.29 Å². The molecule has 0 N–H and O–H groups in total. The van der Waals surface area contributed by atoms with Crippen molar-refractivity contribution in [1.82, 2.24) is 0 Å². The van der Waals surface area contributed by atoms with Crippen molar-refractivity contribution in [2.24, 2.45) is 0 Å². The predicted octanol–water partition coefficient (Wildman–Crippen LogP) is 2.60. The van der Waals surface area contributed by atoms with Gasteiger partial charge in [0.1, 0.15) is 6.29 Å². The summed E-state index contributed by atoms with van der Waals surface area (Å²) in [5.41, 5.74) is 0.645. The van der Waals surface area contributed by atoms with Crippen LogP contribution in [0.3, 0.4) is 0 Å². The molecule has 0 saturated heterocycles. The molecule has 0 aliphatic carbocycles. The Kier molecular flexibility index (Phi) is 4.85. The molecule has 0 saturated carbocycles. The summed E-state index contributed by atoms with van der Waals surface area (Å²) in [5.74, 6) is 0. The molecule has 1 nitrogen and oxygen atoms in total. The van der Waals surface area contributed by atoms with Gasteiger partial charge >= 0.3 is 0 Å². The third-order valence-electron chi connectivity index (χ3n) is 0.969. The molecule has 0 radical (unpaired) electrons. The van der Waals surface area contributed by atoms with Gasteiger partial charge in [-0.25, -0.2) is 0 Å². The molecule has 0 aliphatic heterocycles. The Morgan fingerprint density at radius 1 is 1.60 bits per heavy atom. The number of hydrogen-bond donors (Lipinski definition) is 0. The van der Waals surface area contributed by atoms with Crippen molar-refractivity contribution in [2.75, 3.05) is 0 Å². The van der Waals surface area contributed by atoms with E-state index in [9.17, 15) is 4.79 Å². The van der Waals surface area contributed by atoms with Crippen LogP contribution in [0.1, 0.15) is 6.92 Å². The fourth-order valence-electron chi connectivity index (χ4n) is 0.404. The van der Waals surface area contributed by atoms with Gasteiger partial charge < -0.3 is 0 Å². The van der Waals surface area contributed by atoms with Gasteiger partial charge in [0.15, 0.2) is 0 Å². The molecule has 0 rings (SSSR count). The molecule has 0 heterocycles. The van der Waals surface area contributed by atoms with E-state index in [0.717, 1.165) is 10.8 Å². The molecule has 0 spiro atoms. The molecule has 2 heteroatoms. The van der Waals surface area contributed by atoms with Gasteiger partial charge in [-0.15, -0.1) is 0 Å². The second-order valence-corrected chi connectivity index (χ2v) is 2.56. The van der Waals surface area contributed by atoms with Gasteiger partial charge in [-0.1, -0.05) is 34.7 Å². The van der Waals surface area contributed by atoms with E-state index in [2.05, 4.69) is 22.5 Å². The van der Waals surface area contributed by atoms with E-state index in [1.54, 1.807) is 18.2 Å². The van der Waals surface area contributed by atoms with Gasteiger partial charge in [-0.3, -0.25) is 4.79 Å². The van der Waals surface area contributed by atoms with Crippen LogP contribution < -0.4 is 0 Å². The van der Waals surface area contributed by atoms with Gasteiger partial charge in [-0.05, 0) is 13.0 Å². The van der Waals surface area contributed by atoms with Gasteiger partial charge in [-0.2, -0.15) is 0 Å². The Morgan fingerprint density at radius 3 is 2.50 bits per heavy atom. The molecule has 54 valence electrons. The molecule has 0 fully saturated rings. The molecule has 0 aromatic carbocycles. The molecule has 0 aromatic heterocycles. The van der Waals surface area contributed by atoms with Crippen LogP contribution >= 0.6 is 15.9 Å². The van der Waals surface area contributed by atoms with E-state index in [4.69, 9.17) is 0 Å². The number of allylic oxidation sites excluding steroid dienone is 5. The van der Waals surface area contributed by atoms with Crippen molar-refractivity contribution in [1.29, 1.82) is 0 Å². The first kappa shape index (κ1) is 9.37. The predicted molar refractivity (Wildman–Crippen MR) is 47.0 cm³/mol. The van der Waals surface area contributed by atoms with Crippen LogP contribution in [0, 0.1) is 0 Å². The summed E-state index contributed by atoms with van der Waals surface area (Å²) in [4.78, 5) is 10.2. The topological polar surface area (TPSA) is 17.1 Å². The van der Waals surface area contributed by atoms with Crippen LogP contribution in [0.25, 0.3) is 0 Å². The molecular weight excluding hydrogens is 192 g/mol. The summed E-state index contributed by atoms with van der Waals surface area (Å²) in [6.07, 6.45) is 5.87. The Labute approximate surface area is 69.3 Å². The second kappa shape index (κ2) is 5.18. The number of halogens is 1. The fourth-order valence-corrected chi connectivity index (χ4v) is 0.668. The Morgan fingerprint density at radius 2 is 2.20 bits per heavy atom. The monoisotopic (exact) mass is 200 g/mol. The largest absolute Gasteiger partial charge is 0.298 e. The van der Waals surface area contributed by atoms with Crippen LogP contribution in [0.5, 0.6) is 0 Å². The van der Waals surface area contributed by atoms with Crippen LogP contribution in [-0.2, 0) is 4.79 Å². The first-order valence-electron chi connectivity index (χ1n) is 2.85. The number of carbonyl (C=O) groups excluding carboxylic acids is 1. The summed E-state index contributed by atoms with van der Waals surface area (Å²) in [7, 11) is 0. The maximum absolute atomic E-state index is 10.2. The fraction of sp³-hybridized carbons (Fsp3) is 0.125. The van der Waals surface area contributed by atoms with Crippen LogP contribution in [0.2, 0.25) is 0 Å². The van der Waals surface area contributed by atoms with Gasteiger partial charge in [0, 0.05) is 10.1 Å². The highest BCUT2D eigenvalue weighted by Crippen LogP contribution is 2.08. The SMILES string of the molecule is C=C/C(Br)=C\C(C=O)=C/C.